The van der Waals surface area contributed by atoms with Gasteiger partial charge in [-0.2, -0.15) is 0 Å². The van der Waals surface area contributed by atoms with E-state index in [0.717, 1.165) is 52.1 Å². The number of likely N-dealkylation sites (N-methyl/N-ethyl adjacent to an activating group) is 2. The first-order valence-electron chi connectivity index (χ1n) is 8.84. The monoisotopic (exact) mass is 324 g/mol. The van der Waals surface area contributed by atoms with Gasteiger partial charge < -0.3 is 14.7 Å². The van der Waals surface area contributed by atoms with E-state index in [0.29, 0.717) is 18.5 Å². The van der Waals surface area contributed by atoms with Crippen LogP contribution in [0.15, 0.2) is 0 Å². The van der Waals surface area contributed by atoms with Gasteiger partial charge in [-0.05, 0) is 40.8 Å². The fraction of sp³-hybridized carbons (Fsp3) is 0.882. The Morgan fingerprint density at radius 3 is 2.09 bits per heavy atom. The molecule has 0 bridgehead atoms. The smallest absolute Gasteiger partial charge is 0.236 e. The van der Waals surface area contributed by atoms with Crippen molar-refractivity contribution in [3.63, 3.8) is 0 Å². The van der Waals surface area contributed by atoms with Crippen molar-refractivity contribution in [1.29, 1.82) is 0 Å². The Morgan fingerprint density at radius 1 is 1.00 bits per heavy atom. The zero-order valence-corrected chi connectivity index (χ0v) is 15.1. The lowest BCUT2D eigenvalue weighted by atomic mass is 9.95. The normalized spacial score (nSPS) is 21.3. The molecule has 0 aromatic carbocycles. The quantitative estimate of drug-likeness (QED) is 0.748. The predicted octanol–water partition coefficient (Wildman–Crippen LogP) is 0.339. The highest BCUT2D eigenvalue weighted by Crippen LogP contribution is 2.20. The number of carbonyl (C=O) groups excluding carboxylic acids is 2. The van der Waals surface area contributed by atoms with Crippen LogP contribution < -0.4 is 0 Å². The Labute approximate surface area is 140 Å². The summed E-state index contributed by atoms with van der Waals surface area (Å²) in [6.45, 7) is 9.69. The third kappa shape index (κ3) is 4.91. The van der Waals surface area contributed by atoms with Crippen molar-refractivity contribution < 1.29 is 9.59 Å². The van der Waals surface area contributed by atoms with Gasteiger partial charge in [0.1, 0.15) is 0 Å². The van der Waals surface area contributed by atoms with Crippen molar-refractivity contribution >= 4 is 11.8 Å². The lowest BCUT2D eigenvalue weighted by Crippen LogP contribution is -2.51. The highest BCUT2D eigenvalue weighted by atomic mass is 16.2. The SMILES string of the molecule is CC(C)N(C)CC(=O)N1CCC(C(=O)N2CCN(C)CC2)CC1. The highest BCUT2D eigenvalue weighted by Gasteiger charge is 2.31. The summed E-state index contributed by atoms with van der Waals surface area (Å²) in [4.78, 5) is 33.2. The molecule has 0 unspecified atom stereocenters. The van der Waals surface area contributed by atoms with Crippen molar-refractivity contribution in [3.05, 3.63) is 0 Å². The molecule has 0 aromatic rings. The van der Waals surface area contributed by atoms with E-state index in [4.69, 9.17) is 0 Å². The third-order valence-electron chi connectivity index (χ3n) is 5.28. The maximum absolute atomic E-state index is 12.6. The van der Waals surface area contributed by atoms with Gasteiger partial charge in [0.15, 0.2) is 0 Å². The first-order valence-corrected chi connectivity index (χ1v) is 8.84. The molecule has 0 atom stereocenters. The summed E-state index contributed by atoms with van der Waals surface area (Å²) in [5.41, 5.74) is 0. The summed E-state index contributed by atoms with van der Waals surface area (Å²) >= 11 is 0. The van der Waals surface area contributed by atoms with Crippen molar-refractivity contribution in [3.8, 4) is 0 Å². The average molecular weight is 324 g/mol. The molecule has 2 rings (SSSR count). The second kappa shape index (κ2) is 8.11. The van der Waals surface area contributed by atoms with E-state index in [2.05, 4.69) is 30.7 Å². The van der Waals surface area contributed by atoms with Crippen LogP contribution in [0, 0.1) is 5.92 Å². The first-order chi connectivity index (χ1) is 10.9. The van der Waals surface area contributed by atoms with Crippen molar-refractivity contribution in [1.82, 2.24) is 19.6 Å². The number of piperazine rings is 1. The average Bonchev–Trinajstić information content (AvgIpc) is 2.55. The Morgan fingerprint density at radius 2 is 1.57 bits per heavy atom. The van der Waals surface area contributed by atoms with E-state index in [1.54, 1.807) is 0 Å². The molecule has 2 aliphatic heterocycles. The molecule has 23 heavy (non-hydrogen) atoms. The number of piperidine rings is 1. The Kier molecular flexibility index (Phi) is 6.41. The zero-order valence-electron chi connectivity index (χ0n) is 15.1. The van der Waals surface area contributed by atoms with Crippen LogP contribution in [0.4, 0.5) is 0 Å². The Hall–Kier alpha value is -1.14. The topological polar surface area (TPSA) is 47.1 Å². The number of hydrogen-bond donors (Lipinski definition) is 0. The van der Waals surface area contributed by atoms with Gasteiger partial charge in [-0.1, -0.05) is 0 Å². The van der Waals surface area contributed by atoms with Crippen molar-refractivity contribution in [2.75, 3.05) is 59.9 Å². The number of carbonyl (C=O) groups is 2. The Bertz CT molecular complexity index is 411. The van der Waals surface area contributed by atoms with Gasteiger partial charge in [-0.15, -0.1) is 0 Å². The van der Waals surface area contributed by atoms with Crippen LogP contribution in [-0.4, -0.2) is 97.4 Å². The molecule has 2 saturated heterocycles. The van der Waals surface area contributed by atoms with Crippen LogP contribution >= 0.6 is 0 Å². The van der Waals surface area contributed by atoms with Crippen LogP contribution in [0.2, 0.25) is 0 Å². The van der Waals surface area contributed by atoms with Gasteiger partial charge in [0.2, 0.25) is 11.8 Å². The van der Waals surface area contributed by atoms with E-state index >= 15 is 0 Å². The van der Waals surface area contributed by atoms with Gasteiger partial charge in [0, 0.05) is 51.2 Å². The summed E-state index contributed by atoms with van der Waals surface area (Å²) in [6.07, 6.45) is 1.62. The van der Waals surface area contributed by atoms with Crippen molar-refractivity contribution in [2.45, 2.75) is 32.7 Å². The fourth-order valence-electron chi connectivity index (χ4n) is 3.16. The molecule has 6 nitrogen and oxygen atoms in total. The molecule has 6 heteroatoms. The van der Waals surface area contributed by atoms with Crippen LogP contribution in [-0.2, 0) is 9.59 Å². The molecule has 132 valence electrons. The summed E-state index contributed by atoms with van der Waals surface area (Å²) in [5.74, 6) is 0.585. The van der Waals surface area contributed by atoms with Gasteiger partial charge in [-0.25, -0.2) is 0 Å². The van der Waals surface area contributed by atoms with Crippen molar-refractivity contribution in [2.24, 2.45) is 5.92 Å². The van der Waals surface area contributed by atoms with E-state index in [1.807, 2.05) is 16.8 Å². The van der Waals surface area contributed by atoms with E-state index in [-0.39, 0.29) is 11.8 Å². The van der Waals surface area contributed by atoms with Gasteiger partial charge in [0.05, 0.1) is 6.54 Å². The number of nitrogens with zero attached hydrogens (tertiary/aromatic N) is 4. The van der Waals surface area contributed by atoms with Crippen LogP contribution in [0.3, 0.4) is 0 Å². The van der Waals surface area contributed by atoms with Gasteiger partial charge in [-0.3, -0.25) is 14.5 Å². The minimum absolute atomic E-state index is 0.102. The molecular weight excluding hydrogens is 292 g/mol. The molecule has 0 saturated carbocycles. The maximum Gasteiger partial charge on any atom is 0.236 e. The molecule has 0 aromatic heterocycles. The lowest BCUT2D eigenvalue weighted by Gasteiger charge is -2.38. The number of amides is 2. The van der Waals surface area contributed by atoms with Crippen LogP contribution in [0.1, 0.15) is 26.7 Å². The van der Waals surface area contributed by atoms with Gasteiger partial charge in [0.25, 0.3) is 0 Å². The summed E-state index contributed by atoms with van der Waals surface area (Å²) in [5, 5.41) is 0. The fourth-order valence-corrected chi connectivity index (χ4v) is 3.16. The number of hydrogen-bond acceptors (Lipinski definition) is 4. The lowest BCUT2D eigenvalue weighted by molar-refractivity contribution is -0.142. The zero-order chi connectivity index (χ0) is 17.0. The molecule has 2 aliphatic rings. The van der Waals surface area contributed by atoms with Crippen LogP contribution in [0.5, 0.6) is 0 Å². The molecule has 2 amide bonds. The minimum Gasteiger partial charge on any atom is -0.342 e. The highest BCUT2D eigenvalue weighted by molar-refractivity contribution is 5.81. The second-order valence-corrected chi connectivity index (χ2v) is 7.29. The van der Waals surface area contributed by atoms with E-state index < -0.39 is 0 Å². The van der Waals surface area contributed by atoms with E-state index in [1.165, 1.54) is 0 Å². The largest absolute Gasteiger partial charge is 0.342 e. The van der Waals surface area contributed by atoms with E-state index in [9.17, 15) is 9.59 Å². The molecule has 0 aliphatic carbocycles. The molecular formula is C17H32N4O2. The molecule has 0 spiro atoms. The third-order valence-corrected chi connectivity index (χ3v) is 5.28. The standard InChI is InChI=1S/C17H32N4O2/c1-14(2)19(4)13-16(22)20-7-5-15(6-8-20)17(23)21-11-9-18(3)10-12-21/h14-15H,5-13H2,1-4H3. The second-order valence-electron chi connectivity index (χ2n) is 7.29. The first kappa shape index (κ1) is 18.2. The molecule has 0 radical (unpaired) electrons. The summed E-state index contributed by atoms with van der Waals surface area (Å²) in [6, 6.07) is 0.371. The maximum atomic E-state index is 12.6. The molecule has 2 heterocycles. The molecule has 0 N–H and O–H groups in total. The van der Waals surface area contributed by atoms with Crippen LogP contribution in [0.25, 0.3) is 0 Å². The summed E-state index contributed by atoms with van der Waals surface area (Å²) < 4.78 is 0. The Balaban J connectivity index is 1.77. The van der Waals surface area contributed by atoms with Gasteiger partial charge >= 0.3 is 0 Å². The number of likely N-dealkylation sites (tertiary alicyclic amines) is 1. The minimum atomic E-state index is 0.102. The predicted molar refractivity (Wildman–Crippen MR) is 91.1 cm³/mol. The molecule has 2 fully saturated rings. The number of rotatable bonds is 4. The summed E-state index contributed by atoms with van der Waals surface area (Å²) in [7, 11) is 4.08.